The lowest BCUT2D eigenvalue weighted by molar-refractivity contribution is -0.133. The fraction of sp³-hybridized carbons (Fsp3) is 0.750. The molecule has 0 aliphatic heterocycles. The Bertz CT molecular complexity index is 402. The maximum absolute atomic E-state index is 10.6. The Morgan fingerprint density at radius 1 is 1.26 bits per heavy atom. The number of thioether (sulfide) groups is 1. The molecule has 0 atom stereocenters. The normalized spacial score (nSPS) is 10.7. The highest BCUT2D eigenvalue weighted by molar-refractivity contribution is 7.99. The molecule has 0 saturated carbocycles. The number of hydrogen-bond donors (Lipinski definition) is 1. The van der Waals surface area contributed by atoms with Gasteiger partial charge < -0.3 is 10.0 Å². The molecule has 0 saturated heterocycles. The lowest BCUT2D eigenvalue weighted by Gasteiger charge is -2.22. The van der Waals surface area contributed by atoms with E-state index in [2.05, 4.69) is 28.9 Å². The highest BCUT2D eigenvalue weighted by Gasteiger charge is 2.17. The van der Waals surface area contributed by atoms with Crippen molar-refractivity contribution in [3.8, 4) is 0 Å². The predicted octanol–water partition coefficient (Wildman–Crippen LogP) is 2.10. The van der Waals surface area contributed by atoms with E-state index < -0.39 is 5.97 Å². The van der Waals surface area contributed by atoms with Crippen LogP contribution in [0.4, 0.5) is 5.95 Å². The molecule has 0 fully saturated rings. The first kappa shape index (κ1) is 15.8. The summed E-state index contributed by atoms with van der Waals surface area (Å²) in [6.45, 7) is 8.91. The highest BCUT2D eigenvalue weighted by atomic mass is 32.2. The molecule has 1 aromatic rings. The van der Waals surface area contributed by atoms with E-state index in [1.54, 1.807) is 0 Å². The molecule has 19 heavy (non-hydrogen) atoms. The second-order valence-corrected chi connectivity index (χ2v) is 5.14. The Morgan fingerprint density at radius 2 is 1.89 bits per heavy atom. The van der Waals surface area contributed by atoms with E-state index in [-0.39, 0.29) is 5.75 Å². The van der Waals surface area contributed by atoms with Gasteiger partial charge in [-0.1, -0.05) is 25.6 Å². The molecule has 0 aliphatic carbocycles. The number of carboxylic acids is 1. The second kappa shape index (κ2) is 8.04. The fourth-order valence-electron chi connectivity index (χ4n) is 1.88. The second-order valence-electron chi connectivity index (χ2n) is 4.20. The Hall–Kier alpha value is -1.24. The van der Waals surface area contributed by atoms with E-state index >= 15 is 0 Å². The van der Waals surface area contributed by atoms with Crippen LogP contribution in [0.15, 0.2) is 5.16 Å². The molecule has 1 N–H and O–H groups in total. The van der Waals surface area contributed by atoms with Crippen molar-refractivity contribution in [2.24, 2.45) is 0 Å². The molecule has 108 valence electrons. The number of anilines is 1. The van der Waals surface area contributed by atoms with Gasteiger partial charge in [0.05, 0.1) is 5.75 Å². The molecular weight excluding hydrogens is 264 g/mol. The van der Waals surface area contributed by atoms with Gasteiger partial charge in [-0.15, -0.1) is 10.2 Å². The molecule has 0 spiro atoms. The summed E-state index contributed by atoms with van der Waals surface area (Å²) >= 11 is 1.22. The van der Waals surface area contributed by atoms with Crippen molar-refractivity contribution in [2.75, 3.05) is 23.7 Å². The molecule has 0 aliphatic rings. The van der Waals surface area contributed by atoms with Gasteiger partial charge in [0, 0.05) is 19.6 Å². The molecule has 0 radical (unpaired) electrons. The zero-order valence-corrected chi connectivity index (χ0v) is 12.6. The molecule has 1 aromatic heterocycles. The quantitative estimate of drug-likeness (QED) is 0.701. The minimum absolute atomic E-state index is 0.0136. The first-order valence-corrected chi connectivity index (χ1v) is 7.65. The molecular formula is C12H22N4O2S. The van der Waals surface area contributed by atoms with Crippen LogP contribution < -0.4 is 4.90 Å². The fourth-order valence-corrected chi connectivity index (χ4v) is 2.59. The van der Waals surface area contributed by atoms with Crippen molar-refractivity contribution < 1.29 is 9.90 Å². The Kier molecular flexibility index (Phi) is 6.69. The third kappa shape index (κ3) is 4.41. The first-order chi connectivity index (χ1) is 9.13. The summed E-state index contributed by atoms with van der Waals surface area (Å²) in [5.41, 5.74) is 0. The van der Waals surface area contributed by atoms with E-state index in [4.69, 9.17) is 5.11 Å². The molecule has 0 aromatic carbocycles. The molecule has 1 heterocycles. The van der Waals surface area contributed by atoms with Gasteiger partial charge in [0.2, 0.25) is 5.95 Å². The average Bonchev–Trinajstić information content (AvgIpc) is 2.78. The predicted molar refractivity (Wildman–Crippen MR) is 76.9 cm³/mol. The van der Waals surface area contributed by atoms with Gasteiger partial charge in [-0.05, 0) is 19.8 Å². The lowest BCUT2D eigenvalue weighted by Crippen LogP contribution is -2.28. The van der Waals surface area contributed by atoms with Crippen molar-refractivity contribution in [2.45, 2.75) is 45.3 Å². The van der Waals surface area contributed by atoms with Gasteiger partial charge in [0.25, 0.3) is 0 Å². The third-order valence-electron chi connectivity index (χ3n) is 2.61. The van der Waals surface area contributed by atoms with Crippen LogP contribution in [0.3, 0.4) is 0 Å². The van der Waals surface area contributed by atoms with Crippen molar-refractivity contribution >= 4 is 23.7 Å². The average molecular weight is 286 g/mol. The smallest absolute Gasteiger partial charge is 0.313 e. The summed E-state index contributed by atoms with van der Waals surface area (Å²) in [5.74, 6) is 0.0231. The van der Waals surface area contributed by atoms with Crippen LogP contribution in [0.1, 0.15) is 33.6 Å². The largest absolute Gasteiger partial charge is 0.481 e. The van der Waals surface area contributed by atoms with Crippen LogP contribution in [0.2, 0.25) is 0 Å². The highest BCUT2D eigenvalue weighted by Crippen LogP contribution is 2.22. The van der Waals surface area contributed by atoms with E-state index in [1.807, 2.05) is 11.5 Å². The van der Waals surface area contributed by atoms with Crippen LogP contribution in [0.5, 0.6) is 0 Å². The van der Waals surface area contributed by atoms with Crippen molar-refractivity contribution in [1.82, 2.24) is 14.8 Å². The molecule has 7 heteroatoms. The van der Waals surface area contributed by atoms with E-state index in [1.165, 1.54) is 11.8 Å². The topological polar surface area (TPSA) is 71.2 Å². The maximum atomic E-state index is 10.6. The Morgan fingerprint density at radius 3 is 2.37 bits per heavy atom. The van der Waals surface area contributed by atoms with Crippen molar-refractivity contribution in [1.29, 1.82) is 0 Å². The maximum Gasteiger partial charge on any atom is 0.313 e. The molecule has 0 unspecified atom stereocenters. The zero-order valence-electron chi connectivity index (χ0n) is 11.8. The van der Waals surface area contributed by atoms with Crippen LogP contribution in [0.25, 0.3) is 0 Å². The van der Waals surface area contributed by atoms with Gasteiger partial charge >= 0.3 is 5.97 Å². The Labute approximate surface area is 118 Å². The van der Waals surface area contributed by atoms with Crippen molar-refractivity contribution in [3.05, 3.63) is 0 Å². The van der Waals surface area contributed by atoms with Crippen LogP contribution >= 0.6 is 11.8 Å². The molecule has 1 rings (SSSR count). The summed E-state index contributed by atoms with van der Waals surface area (Å²) in [7, 11) is 0. The van der Waals surface area contributed by atoms with Crippen LogP contribution in [-0.4, -0.2) is 44.7 Å². The van der Waals surface area contributed by atoms with E-state index in [9.17, 15) is 4.79 Å². The molecule has 0 bridgehead atoms. The standard InChI is InChI=1S/C12H22N4O2S/c1-4-7-15(8-5-2)11-13-14-12(16(11)6-3)19-9-10(17)18/h4-9H2,1-3H3,(H,17,18). The van der Waals surface area contributed by atoms with Gasteiger partial charge in [-0.25, -0.2) is 0 Å². The van der Waals surface area contributed by atoms with E-state index in [0.29, 0.717) is 5.16 Å². The van der Waals surface area contributed by atoms with Crippen LogP contribution in [-0.2, 0) is 11.3 Å². The van der Waals surface area contributed by atoms with E-state index in [0.717, 1.165) is 38.4 Å². The first-order valence-electron chi connectivity index (χ1n) is 6.66. The minimum Gasteiger partial charge on any atom is -0.481 e. The monoisotopic (exact) mass is 286 g/mol. The zero-order chi connectivity index (χ0) is 14.3. The molecule has 6 nitrogen and oxygen atoms in total. The minimum atomic E-state index is -0.837. The molecule has 0 amide bonds. The van der Waals surface area contributed by atoms with Gasteiger partial charge in [-0.3, -0.25) is 9.36 Å². The number of carbonyl (C=O) groups is 1. The van der Waals surface area contributed by atoms with Crippen molar-refractivity contribution in [3.63, 3.8) is 0 Å². The van der Waals surface area contributed by atoms with Crippen LogP contribution in [0, 0.1) is 0 Å². The number of hydrogen-bond acceptors (Lipinski definition) is 5. The number of carboxylic acid groups (broad SMARTS) is 1. The summed E-state index contributed by atoms with van der Waals surface area (Å²) in [4.78, 5) is 12.8. The summed E-state index contributed by atoms with van der Waals surface area (Å²) in [6.07, 6.45) is 2.10. The summed E-state index contributed by atoms with van der Waals surface area (Å²) < 4.78 is 1.99. The SMILES string of the molecule is CCCN(CCC)c1nnc(SCC(=O)O)n1CC. The third-order valence-corrected chi connectivity index (χ3v) is 3.56. The Balaban J connectivity index is 2.90. The van der Waals surface area contributed by atoms with Gasteiger partial charge in [0.15, 0.2) is 5.16 Å². The number of aromatic nitrogens is 3. The number of nitrogens with zero attached hydrogens (tertiary/aromatic N) is 4. The van der Waals surface area contributed by atoms with Gasteiger partial charge in [0.1, 0.15) is 0 Å². The summed E-state index contributed by atoms with van der Waals surface area (Å²) in [5, 5.41) is 17.8. The lowest BCUT2D eigenvalue weighted by atomic mass is 10.4. The summed E-state index contributed by atoms with van der Waals surface area (Å²) in [6, 6.07) is 0. The van der Waals surface area contributed by atoms with Gasteiger partial charge in [-0.2, -0.15) is 0 Å². The number of aliphatic carboxylic acids is 1. The number of rotatable bonds is 9.